The molecule has 1 heterocycles. The third kappa shape index (κ3) is 2.84. The molecular weight excluding hydrogens is 211 g/mol. The number of carboxylic acids is 1. The van der Waals surface area contributed by atoms with Crippen molar-refractivity contribution in [2.45, 2.75) is 37.9 Å². The largest absolute Gasteiger partial charge is 0.480 e. The average Bonchev–Trinajstić information content (AvgIpc) is 2.06. The predicted octanol–water partition coefficient (Wildman–Crippen LogP) is 1.88. The molecule has 0 aromatic carbocycles. The maximum absolute atomic E-state index is 12.2. The highest BCUT2D eigenvalue weighted by molar-refractivity contribution is 5.78. The summed E-state index contributed by atoms with van der Waals surface area (Å²) in [4.78, 5) is 12.0. The molecule has 6 heteroatoms. The van der Waals surface area contributed by atoms with Crippen molar-refractivity contribution in [2.75, 3.05) is 13.1 Å². The van der Waals surface area contributed by atoms with Gasteiger partial charge in [-0.2, -0.15) is 13.2 Å². The lowest BCUT2D eigenvalue weighted by atomic mass is 9.88. The molecule has 1 rings (SSSR count). The Hall–Kier alpha value is -0.780. The second-order valence-corrected chi connectivity index (χ2v) is 4.07. The molecule has 0 radical (unpaired) electrons. The molecule has 1 saturated heterocycles. The maximum Gasteiger partial charge on any atom is 0.401 e. The molecular formula is C9H14F3NO2. The van der Waals surface area contributed by atoms with E-state index in [1.807, 2.05) is 0 Å². The van der Waals surface area contributed by atoms with Gasteiger partial charge in [-0.25, -0.2) is 0 Å². The van der Waals surface area contributed by atoms with Gasteiger partial charge in [0.15, 0.2) is 0 Å². The first kappa shape index (κ1) is 12.3. The minimum atomic E-state index is -4.34. The highest BCUT2D eigenvalue weighted by Gasteiger charge is 2.45. The van der Waals surface area contributed by atoms with Crippen LogP contribution in [0.4, 0.5) is 13.2 Å². The van der Waals surface area contributed by atoms with Crippen molar-refractivity contribution < 1.29 is 23.1 Å². The van der Waals surface area contributed by atoms with Gasteiger partial charge in [-0.05, 0) is 32.7 Å². The number of aliphatic carboxylic acids is 1. The quantitative estimate of drug-likeness (QED) is 0.780. The van der Waals surface area contributed by atoms with Crippen LogP contribution >= 0.6 is 0 Å². The van der Waals surface area contributed by atoms with Crippen LogP contribution in [0.1, 0.15) is 26.2 Å². The van der Waals surface area contributed by atoms with Crippen LogP contribution in [0.25, 0.3) is 0 Å². The molecule has 0 saturated carbocycles. The van der Waals surface area contributed by atoms with E-state index < -0.39 is 24.2 Å². The lowest BCUT2D eigenvalue weighted by molar-refractivity contribution is -0.176. The van der Waals surface area contributed by atoms with Crippen LogP contribution < -0.4 is 0 Å². The Labute approximate surface area is 85.9 Å². The van der Waals surface area contributed by atoms with Gasteiger partial charge < -0.3 is 5.11 Å². The Morgan fingerprint density at radius 2 is 2.07 bits per heavy atom. The van der Waals surface area contributed by atoms with Gasteiger partial charge in [0.1, 0.15) is 5.54 Å². The van der Waals surface area contributed by atoms with Crippen LogP contribution in [0, 0.1) is 0 Å². The summed E-state index contributed by atoms with van der Waals surface area (Å²) in [6.07, 6.45) is -2.78. The second-order valence-electron chi connectivity index (χ2n) is 4.07. The minimum Gasteiger partial charge on any atom is -0.480 e. The number of piperidine rings is 1. The molecule has 0 aliphatic carbocycles. The Bertz CT molecular complexity index is 254. The fourth-order valence-corrected chi connectivity index (χ4v) is 1.89. The summed E-state index contributed by atoms with van der Waals surface area (Å²) in [7, 11) is 0. The third-order valence-corrected chi connectivity index (χ3v) is 2.87. The molecule has 1 aliphatic rings. The van der Waals surface area contributed by atoms with Gasteiger partial charge in [0.25, 0.3) is 0 Å². The van der Waals surface area contributed by atoms with Gasteiger partial charge in [-0.1, -0.05) is 0 Å². The van der Waals surface area contributed by atoms with Crippen molar-refractivity contribution in [3.63, 3.8) is 0 Å². The van der Waals surface area contributed by atoms with Crippen LogP contribution in [0.2, 0.25) is 0 Å². The van der Waals surface area contributed by atoms with E-state index >= 15 is 0 Å². The number of nitrogens with zero attached hydrogens (tertiary/aromatic N) is 1. The molecule has 1 unspecified atom stereocenters. The van der Waals surface area contributed by atoms with E-state index in [9.17, 15) is 18.0 Å². The van der Waals surface area contributed by atoms with E-state index in [4.69, 9.17) is 5.11 Å². The Morgan fingerprint density at radius 1 is 1.47 bits per heavy atom. The number of likely N-dealkylation sites (tertiary alicyclic amines) is 1. The topological polar surface area (TPSA) is 40.5 Å². The summed E-state index contributed by atoms with van der Waals surface area (Å²) in [6.45, 7) is 0.415. The smallest absolute Gasteiger partial charge is 0.401 e. The first-order valence-corrected chi connectivity index (χ1v) is 4.81. The normalized spacial score (nSPS) is 29.1. The molecule has 15 heavy (non-hydrogen) atoms. The number of halogens is 3. The first-order chi connectivity index (χ1) is 6.76. The molecule has 1 atom stereocenters. The minimum absolute atomic E-state index is 0.197. The highest BCUT2D eigenvalue weighted by atomic mass is 19.4. The number of hydrogen-bond acceptors (Lipinski definition) is 2. The van der Waals surface area contributed by atoms with Crippen LogP contribution in [-0.2, 0) is 4.79 Å². The van der Waals surface area contributed by atoms with Crippen molar-refractivity contribution in [2.24, 2.45) is 0 Å². The monoisotopic (exact) mass is 225 g/mol. The third-order valence-electron chi connectivity index (χ3n) is 2.87. The van der Waals surface area contributed by atoms with Crippen molar-refractivity contribution in [3.05, 3.63) is 0 Å². The van der Waals surface area contributed by atoms with Crippen molar-refractivity contribution in [1.82, 2.24) is 4.90 Å². The zero-order chi connectivity index (χ0) is 11.7. The van der Waals surface area contributed by atoms with Crippen LogP contribution in [-0.4, -0.2) is 40.8 Å². The SMILES string of the molecule is CC1(C(=O)O)CCCCN1CC(F)(F)F. The van der Waals surface area contributed by atoms with E-state index in [1.165, 1.54) is 6.92 Å². The van der Waals surface area contributed by atoms with E-state index in [1.54, 1.807) is 0 Å². The number of carboxylic acid groups (broad SMARTS) is 1. The summed E-state index contributed by atoms with van der Waals surface area (Å²) in [5.41, 5.74) is -1.37. The molecule has 1 fully saturated rings. The van der Waals surface area contributed by atoms with Crippen molar-refractivity contribution in [1.29, 1.82) is 0 Å². The number of carbonyl (C=O) groups is 1. The summed E-state index contributed by atoms with van der Waals surface area (Å²) in [5.74, 6) is -1.17. The van der Waals surface area contributed by atoms with Gasteiger partial charge in [0, 0.05) is 0 Å². The molecule has 0 aromatic heterocycles. The van der Waals surface area contributed by atoms with Gasteiger partial charge in [0.05, 0.1) is 6.54 Å². The highest BCUT2D eigenvalue weighted by Crippen LogP contribution is 2.31. The summed E-state index contributed by atoms with van der Waals surface area (Å²) < 4.78 is 36.6. The molecule has 0 aromatic rings. The second kappa shape index (κ2) is 4.00. The van der Waals surface area contributed by atoms with Crippen LogP contribution in [0.5, 0.6) is 0 Å². The lowest BCUT2D eigenvalue weighted by Crippen LogP contribution is -2.57. The molecule has 0 spiro atoms. The fourth-order valence-electron chi connectivity index (χ4n) is 1.89. The first-order valence-electron chi connectivity index (χ1n) is 4.81. The van der Waals surface area contributed by atoms with Crippen molar-refractivity contribution >= 4 is 5.97 Å². The van der Waals surface area contributed by atoms with Crippen LogP contribution in [0.15, 0.2) is 0 Å². The molecule has 1 aliphatic heterocycles. The number of alkyl halides is 3. The Morgan fingerprint density at radius 3 is 2.53 bits per heavy atom. The van der Waals surface area contributed by atoms with E-state index in [-0.39, 0.29) is 13.0 Å². The van der Waals surface area contributed by atoms with Gasteiger partial charge in [-0.3, -0.25) is 9.69 Å². The summed E-state index contributed by atoms with van der Waals surface area (Å²) >= 11 is 0. The van der Waals surface area contributed by atoms with E-state index in [0.29, 0.717) is 12.8 Å². The Kier molecular flexibility index (Phi) is 3.28. The summed E-state index contributed by atoms with van der Waals surface area (Å²) in [5, 5.41) is 8.96. The zero-order valence-corrected chi connectivity index (χ0v) is 8.47. The van der Waals surface area contributed by atoms with E-state index in [0.717, 1.165) is 4.90 Å². The fraction of sp³-hybridized carbons (Fsp3) is 0.889. The lowest BCUT2D eigenvalue weighted by Gasteiger charge is -2.41. The van der Waals surface area contributed by atoms with Crippen LogP contribution in [0.3, 0.4) is 0 Å². The molecule has 1 N–H and O–H groups in total. The molecule has 0 bridgehead atoms. The summed E-state index contributed by atoms with van der Waals surface area (Å²) in [6, 6.07) is 0. The average molecular weight is 225 g/mol. The van der Waals surface area contributed by atoms with E-state index in [2.05, 4.69) is 0 Å². The van der Waals surface area contributed by atoms with Gasteiger partial charge in [-0.15, -0.1) is 0 Å². The molecule has 0 amide bonds. The standard InChI is InChI=1S/C9H14F3NO2/c1-8(7(14)15)4-2-3-5-13(8)6-9(10,11)12/h2-6H2,1H3,(H,14,15). The Balaban J connectivity index is 2.79. The maximum atomic E-state index is 12.2. The number of hydrogen-bond donors (Lipinski definition) is 1. The zero-order valence-electron chi connectivity index (χ0n) is 8.47. The molecule has 3 nitrogen and oxygen atoms in total. The number of rotatable bonds is 2. The van der Waals surface area contributed by atoms with Gasteiger partial charge in [0.2, 0.25) is 0 Å². The predicted molar refractivity (Wildman–Crippen MR) is 47.5 cm³/mol. The van der Waals surface area contributed by atoms with Crippen molar-refractivity contribution in [3.8, 4) is 0 Å². The molecule has 88 valence electrons. The van der Waals surface area contributed by atoms with Gasteiger partial charge >= 0.3 is 12.1 Å².